The molecule has 0 bridgehead atoms. The second kappa shape index (κ2) is 9.01. The van der Waals surface area contributed by atoms with E-state index in [1.54, 1.807) is 36.0 Å². The first-order valence-corrected chi connectivity index (χ1v) is 11.0. The van der Waals surface area contributed by atoms with Crippen LogP contribution in [0, 0.1) is 11.8 Å². The van der Waals surface area contributed by atoms with Gasteiger partial charge in [-0.3, -0.25) is 9.59 Å². The van der Waals surface area contributed by atoms with Crippen LogP contribution >= 0.6 is 23.4 Å². The monoisotopic (exact) mass is 416 g/mol. The molecule has 2 atom stereocenters. The molecule has 1 aliphatic rings. The van der Waals surface area contributed by atoms with E-state index in [0.29, 0.717) is 33.7 Å². The number of hydrogen-bond donors (Lipinski definition) is 1. The highest BCUT2D eigenvalue weighted by Crippen LogP contribution is 2.27. The van der Waals surface area contributed by atoms with Gasteiger partial charge in [-0.15, -0.1) is 11.8 Å². The van der Waals surface area contributed by atoms with Crippen molar-refractivity contribution in [3.63, 3.8) is 0 Å². The molecule has 3 rings (SSSR count). The van der Waals surface area contributed by atoms with Crippen molar-refractivity contribution in [2.75, 3.05) is 24.7 Å². The number of benzene rings is 2. The SMILES string of the molecule is CSc1ccc(Cl)c(C(=O)Nc2ccccc2C(=O)N2CC(C)CC(C)C2)c1. The molecule has 0 spiro atoms. The van der Waals surface area contributed by atoms with Crippen LogP contribution in [-0.2, 0) is 0 Å². The molecule has 1 heterocycles. The largest absolute Gasteiger partial charge is 0.338 e. The Bertz CT molecular complexity index is 877. The van der Waals surface area contributed by atoms with Gasteiger partial charge in [0.2, 0.25) is 0 Å². The molecule has 148 valence electrons. The van der Waals surface area contributed by atoms with Crippen molar-refractivity contribution in [2.45, 2.75) is 25.2 Å². The number of carbonyl (C=O) groups excluding carboxylic acids is 2. The highest BCUT2D eigenvalue weighted by atomic mass is 35.5. The quantitative estimate of drug-likeness (QED) is 0.676. The molecule has 2 aromatic rings. The summed E-state index contributed by atoms with van der Waals surface area (Å²) in [7, 11) is 0. The van der Waals surface area contributed by atoms with Gasteiger partial charge in [-0.05, 0) is 54.8 Å². The number of para-hydroxylation sites is 1. The van der Waals surface area contributed by atoms with Gasteiger partial charge in [0.25, 0.3) is 11.8 Å². The van der Waals surface area contributed by atoms with Gasteiger partial charge >= 0.3 is 0 Å². The predicted octanol–water partition coefficient (Wildman–Crippen LogP) is 5.43. The fourth-order valence-electron chi connectivity index (χ4n) is 3.77. The van der Waals surface area contributed by atoms with Crippen LogP contribution in [0.5, 0.6) is 0 Å². The van der Waals surface area contributed by atoms with Crippen LogP contribution in [0.3, 0.4) is 0 Å². The molecule has 2 unspecified atom stereocenters. The summed E-state index contributed by atoms with van der Waals surface area (Å²) in [5.41, 5.74) is 1.42. The van der Waals surface area contributed by atoms with E-state index in [1.807, 2.05) is 29.4 Å². The third kappa shape index (κ3) is 4.70. The van der Waals surface area contributed by atoms with Gasteiger partial charge in [-0.1, -0.05) is 37.6 Å². The van der Waals surface area contributed by atoms with Crippen molar-refractivity contribution >= 4 is 40.9 Å². The van der Waals surface area contributed by atoms with Crippen LogP contribution < -0.4 is 5.32 Å². The molecule has 0 aromatic heterocycles. The normalized spacial score (nSPS) is 19.4. The molecular formula is C22H25ClN2O2S. The van der Waals surface area contributed by atoms with Crippen LogP contribution in [0.2, 0.25) is 5.02 Å². The Morgan fingerprint density at radius 1 is 1.07 bits per heavy atom. The molecule has 0 aliphatic carbocycles. The summed E-state index contributed by atoms with van der Waals surface area (Å²) >= 11 is 7.77. The van der Waals surface area contributed by atoms with Crippen molar-refractivity contribution in [2.24, 2.45) is 11.8 Å². The standard InChI is InChI=1S/C22H25ClN2O2S/c1-14-10-15(2)13-25(12-14)22(27)17-6-4-5-7-20(17)24-21(26)18-11-16(28-3)8-9-19(18)23/h4-9,11,14-15H,10,12-13H2,1-3H3,(H,24,26). The number of amides is 2. The van der Waals surface area contributed by atoms with E-state index in [-0.39, 0.29) is 11.8 Å². The van der Waals surface area contributed by atoms with Gasteiger partial charge in [-0.25, -0.2) is 0 Å². The van der Waals surface area contributed by atoms with E-state index in [4.69, 9.17) is 11.6 Å². The third-order valence-electron chi connectivity index (χ3n) is 4.98. The molecule has 4 nitrogen and oxygen atoms in total. The van der Waals surface area contributed by atoms with Crippen LogP contribution in [0.1, 0.15) is 41.0 Å². The minimum Gasteiger partial charge on any atom is -0.338 e. The number of nitrogens with zero attached hydrogens (tertiary/aromatic N) is 1. The maximum atomic E-state index is 13.1. The first-order valence-electron chi connectivity index (χ1n) is 9.42. The van der Waals surface area contributed by atoms with E-state index in [1.165, 1.54) is 0 Å². The average molecular weight is 417 g/mol. The molecule has 1 aliphatic heterocycles. The lowest BCUT2D eigenvalue weighted by molar-refractivity contribution is 0.0624. The highest BCUT2D eigenvalue weighted by Gasteiger charge is 2.27. The number of carbonyl (C=O) groups is 2. The minimum atomic E-state index is -0.318. The average Bonchev–Trinajstić information content (AvgIpc) is 2.67. The summed E-state index contributed by atoms with van der Waals surface area (Å²) in [5, 5.41) is 3.27. The van der Waals surface area contributed by atoms with Crippen molar-refractivity contribution in [3.05, 3.63) is 58.6 Å². The van der Waals surface area contributed by atoms with Crippen LogP contribution in [0.4, 0.5) is 5.69 Å². The summed E-state index contributed by atoms with van der Waals surface area (Å²) in [5.74, 6) is 0.588. The van der Waals surface area contributed by atoms with E-state index in [9.17, 15) is 9.59 Å². The highest BCUT2D eigenvalue weighted by molar-refractivity contribution is 7.98. The van der Waals surface area contributed by atoms with Crippen LogP contribution in [0.25, 0.3) is 0 Å². The molecule has 1 N–H and O–H groups in total. The van der Waals surface area contributed by atoms with Gasteiger partial charge in [0.05, 0.1) is 21.8 Å². The van der Waals surface area contributed by atoms with Crippen LogP contribution in [0.15, 0.2) is 47.4 Å². The number of anilines is 1. The molecule has 0 saturated carbocycles. The lowest BCUT2D eigenvalue weighted by Crippen LogP contribution is -2.42. The number of likely N-dealkylation sites (tertiary alicyclic amines) is 1. The van der Waals surface area contributed by atoms with E-state index < -0.39 is 0 Å². The number of hydrogen-bond acceptors (Lipinski definition) is 3. The lowest BCUT2D eigenvalue weighted by Gasteiger charge is -2.35. The molecule has 1 saturated heterocycles. The molecule has 0 radical (unpaired) electrons. The first-order chi connectivity index (χ1) is 13.4. The van der Waals surface area contributed by atoms with Gasteiger partial charge in [0.1, 0.15) is 0 Å². The molecular weight excluding hydrogens is 392 g/mol. The Morgan fingerprint density at radius 3 is 2.43 bits per heavy atom. The number of nitrogens with one attached hydrogen (secondary N) is 1. The number of piperidine rings is 1. The van der Waals surface area contributed by atoms with Crippen molar-refractivity contribution in [1.82, 2.24) is 4.90 Å². The fourth-order valence-corrected chi connectivity index (χ4v) is 4.42. The number of halogens is 1. The maximum Gasteiger partial charge on any atom is 0.257 e. The third-order valence-corrected chi connectivity index (χ3v) is 6.03. The Hall–Kier alpha value is -1.98. The first kappa shape index (κ1) is 20.7. The number of thioether (sulfide) groups is 1. The summed E-state index contributed by atoms with van der Waals surface area (Å²) in [4.78, 5) is 28.8. The topological polar surface area (TPSA) is 49.4 Å². The Morgan fingerprint density at radius 2 is 1.75 bits per heavy atom. The van der Waals surface area contributed by atoms with Crippen molar-refractivity contribution < 1.29 is 9.59 Å². The van der Waals surface area contributed by atoms with Gasteiger partial charge < -0.3 is 10.2 Å². The van der Waals surface area contributed by atoms with Crippen LogP contribution in [-0.4, -0.2) is 36.1 Å². The minimum absolute atomic E-state index is 0.0433. The Balaban J connectivity index is 1.84. The second-order valence-electron chi connectivity index (χ2n) is 7.50. The van der Waals surface area contributed by atoms with E-state index >= 15 is 0 Å². The Kier molecular flexibility index (Phi) is 6.68. The van der Waals surface area contributed by atoms with Crippen molar-refractivity contribution in [1.29, 1.82) is 0 Å². The summed E-state index contributed by atoms with van der Waals surface area (Å²) in [6.45, 7) is 5.83. The predicted molar refractivity (Wildman–Crippen MR) is 116 cm³/mol. The van der Waals surface area contributed by atoms with Crippen molar-refractivity contribution in [3.8, 4) is 0 Å². The summed E-state index contributed by atoms with van der Waals surface area (Å²) in [6.07, 6.45) is 3.08. The van der Waals surface area contributed by atoms with Gasteiger partial charge in [0.15, 0.2) is 0 Å². The summed E-state index contributed by atoms with van der Waals surface area (Å²) in [6, 6.07) is 12.5. The van der Waals surface area contributed by atoms with Gasteiger partial charge in [-0.2, -0.15) is 0 Å². The maximum absolute atomic E-state index is 13.1. The lowest BCUT2D eigenvalue weighted by atomic mass is 9.91. The molecule has 6 heteroatoms. The fraction of sp³-hybridized carbons (Fsp3) is 0.364. The zero-order valence-corrected chi connectivity index (χ0v) is 17.9. The second-order valence-corrected chi connectivity index (χ2v) is 8.79. The molecule has 2 aromatic carbocycles. The Labute approximate surface area is 175 Å². The molecule has 1 fully saturated rings. The smallest absolute Gasteiger partial charge is 0.257 e. The van der Waals surface area contributed by atoms with Gasteiger partial charge in [0, 0.05) is 18.0 Å². The van der Waals surface area contributed by atoms with E-state index in [0.717, 1.165) is 24.4 Å². The molecule has 2 amide bonds. The zero-order chi connectivity index (χ0) is 20.3. The van der Waals surface area contributed by atoms with E-state index in [2.05, 4.69) is 19.2 Å². The zero-order valence-electron chi connectivity index (χ0n) is 16.4. The number of rotatable bonds is 4. The summed E-state index contributed by atoms with van der Waals surface area (Å²) < 4.78 is 0. The molecule has 28 heavy (non-hydrogen) atoms.